The van der Waals surface area contributed by atoms with Crippen molar-refractivity contribution in [3.63, 3.8) is 0 Å². The Hall–Kier alpha value is -2.62. The molecule has 0 saturated carbocycles. The van der Waals surface area contributed by atoms with Gasteiger partial charge in [-0.3, -0.25) is 9.48 Å². The van der Waals surface area contributed by atoms with E-state index in [9.17, 15) is 23.1 Å². The van der Waals surface area contributed by atoms with Crippen LogP contribution in [-0.2, 0) is 23.1 Å². The lowest BCUT2D eigenvalue weighted by Crippen LogP contribution is -2.37. The summed E-state index contributed by atoms with van der Waals surface area (Å²) >= 11 is 7.64. The molecule has 0 bridgehead atoms. The number of carbonyl (C=O) groups excluding carboxylic acids is 1. The Morgan fingerprint density at radius 2 is 2.00 bits per heavy atom. The summed E-state index contributed by atoms with van der Waals surface area (Å²) in [5.74, 6) is -0.644. The predicted octanol–water partition coefficient (Wildman–Crippen LogP) is 5.67. The normalized spacial score (nSPS) is 16.4. The first-order valence-corrected chi connectivity index (χ1v) is 11.7. The number of nitrogens with zero attached hydrogens (tertiary/aromatic N) is 3. The standard InChI is InChI=1S/C24H23ClF3N3O2S/c1-4-21(33)30-10-17(16-9-20(25)34-19(16)12-30)14-7-5-6-8-15(14)18-11-31(23(2,3)13-32)29-22(18)24(26,27)28/h4-9,11,17,32H,1,10,12-13H2,2-3H3/t17-/m0/s1. The van der Waals surface area contributed by atoms with Crippen LogP contribution >= 0.6 is 22.9 Å². The molecule has 0 aliphatic carbocycles. The quantitative estimate of drug-likeness (QED) is 0.451. The Balaban J connectivity index is 1.91. The van der Waals surface area contributed by atoms with Crippen LogP contribution in [0.15, 0.2) is 49.2 Å². The summed E-state index contributed by atoms with van der Waals surface area (Å²) in [5.41, 5.74) is -0.251. The van der Waals surface area contributed by atoms with Crippen LogP contribution in [0.1, 0.15) is 41.5 Å². The molecule has 1 aromatic carbocycles. The summed E-state index contributed by atoms with van der Waals surface area (Å²) in [5, 5.41) is 13.5. The third kappa shape index (κ3) is 4.39. The average molecular weight is 510 g/mol. The van der Waals surface area contributed by atoms with Crippen molar-refractivity contribution in [2.45, 2.75) is 38.0 Å². The largest absolute Gasteiger partial charge is 0.435 e. The maximum atomic E-state index is 14.1. The molecule has 34 heavy (non-hydrogen) atoms. The average Bonchev–Trinajstić information content (AvgIpc) is 3.41. The zero-order valence-electron chi connectivity index (χ0n) is 18.6. The Morgan fingerprint density at radius 1 is 1.29 bits per heavy atom. The smallest absolute Gasteiger partial charge is 0.394 e. The summed E-state index contributed by atoms with van der Waals surface area (Å²) < 4.78 is 43.9. The highest BCUT2D eigenvalue weighted by molar-refractivity contribution is 7.16. The van der Waals surface area contributed by atoms with Crippen LogP contribution in [0.5, 0.6) is 0 Å². The van der Waals surface area contributed by atoms with Crippen molar-refractivity contribution >= 4 is 28.8 Å². The van der Waals surface area contributed by atoms with Crippen LogP contribution < -0.4 is 0 Å². The van der Waals surface area contributed by atoms with Gasteiger partial charge in [-0.25, -0.2) is 0 Å². The minimum atomic E-state index is -4.70. The maximum absolute atomic E-state index is 14.1. The molecular formula is C24H23ClF3N3O2S. The van der Waals surface area contributed by atoms with Crippen molar-refractivity contribution in [2.75, 3.05) is 13.2 Å². The van der Waals surface area contributed by atoms with Crippen molar-refractivity contribution < 1.29 is 23.1 Å². The van der Waals surface area contributed by atoms with Gasteiger partial charge < -0.3 is 10.0 Å². The van der Waals surface area contributed by atoms with E-state index in [0.717, 1.165) is 15.1 Å². The SMILES string of the molecule is C=CC(=O)N1Cc2sc(Cl)cc2[C@H](c2ccccc2-c2cn(C(C)(C)CO)nc2C(F)(F)F)C1. The van der Waals surface area contributed by atoms with E-state index in [-0.39, 0.29) is 30.5 Å². The lowest BCUT2D eigenvalue weighted by atomic mass is 9.84. The highest BCUT2D eigenvalue weighted by Crippen LogP contribution is 2.45. The minimum Gasteiger partial charge on any atom is -0.394 e. The van der Waals surface area contributed by atoms with Gasteiger partial charge in [-0.05, 0) is 42.7 Å². The molecule has 180 valence electrons. The second-order valence-corrected chi connectivity index (χ2v) is 10.6. The van der Waals surface area contributed by atoms with Gasteiger partial charge in [-0.15, -0.1) is 11.3 Å². The molecule has 0 spiro atoms. The number of fused-ring (bicyclic) bond motifs is 1. The Bertz CT molecular complexity index is 1250. The second kappa shape index (κ2) is 8.87. The van der Waals surface area contributed by atoms with E-state index in [1.807, 2.05) is 6.07 Å². The van der Waals surface area contributed by atoms with Crippen LogP contribution in [-0.4, -0.2) is 38.8 Å². The van der Waals surface area contributed by atoms with Gasteiger partial charge in [0.05, 0.1) is 23.0 Å². The van der Waals surface area contributed by atoms with Gasteiger partial charge in [0.15, 0.2) is 5.69 Å². The van der Waals surface area contributed by atoms with E-state index in [2.05, 4.69) is 11.7 Å². The van der Waals surface area contributed by atoms with Gasteiger partial charge in [0.25, 0.3) is 0 Å². The van der Waals surface area contributed by atoms with Crippen LogP contribution in [0.25, 0.3) is 11.1 Å². The number of benzene rings is 1. The third-order valence-electron chi connectivity index (χ3n) is 6.03. The molecule has 3 heterocycles. The molecule has 0 saturated heterocycles. The van der Waals surface area contributed by atoms with Crippen LogP contribution in [0, 0.1) is 0 Å². The highest BCUT2D eigenvalue weighted by atomic mass is 35.5. The molecule has 0 radical (unpaired) electrons. The van der Waals surface area contributed by atoms with Crippen LogP contribution in [0.4, 0.5) is 13.2 Å². The Labute approximate surface area is 204 Å². The van der Waals surface area contributed by atoms with Crippen molar-refractivity contribution in [2.24, 2.45) is 0 Å². The fraction of sp³-hybridized carbons (Fsp3) is 0.333. The molecule has 1 atom stereocenters. The lowest BCUT2D eigenvalue weighted by Gasteiger charge is -2.33. The van der Waals surface area contributed by atoms with E-state index in [0.29, 0.717) is 22.0 Å². The predicted molar refractivity (Wildman–Crippen MR) is 126 cm³/mol. The summed E-state index contributed by atoms with van der Waals surface area (Å²) in [4.78, 5) is 14.9. The molecule has 10 heteroatoms. The first kappa shape index (κ1) is 24.5. The highest BCUT2D eigenvalue weighted by Gasteiger charge is 2.40. The van der Waals surface area contributed by atoms with Crippen molar-refractivity contribution in [1.82, 2.24) is 14.7 Å². The number of hydrogen-bond acceptors (Lipinski definition) is 4. The van der Waals surface area contributed by atoms with Crippen molar-refractivity contribution in [3.8, 4) is 11.1 Å². The Morgan fingerprint density at radius 3 is 2.65 bits per heavy atom. The van der Waals surface area contributed by atoms with E-state index in [4.69, 9.17) is 11.6 Å². The van der Waals surface area contributed by atoms with Crippen molar-refractivity contribution in [1.29, 1.82) is 0 Å². The number of alkyl halides is 3. The molecular weight excluding hydrogens is 487 g/mol. The molecule has 1 N–H and O–H groups in total. The number of rotatable bonds is 5. The van der Waals surface area contributed by atoms with E-state index >= 15 is 0 Å². The number of thiophene rings is 1. The Kier molecular flexibility index (Phi) is 6.39. The number of hydrogen-bond donors (Lipinski definition) is 1. The molecule has 4 rings (SSSR count). The topological polar surface area (TPSA) is 58.4 Å². The molecule has 5 nitrogen and oxygen atoms in total. The minimum absolute atomic E-state index is 0.0836. The zero-order chi connectivity index (χ0) is 24.8. The zero-order valence-corrected chi connectivity index (χ0v) is 20.1. The van der Waals surface area contributed by atoms with Gasteiger partial charge in [0, 0.05) is 29.1 Å². The molecule has 2 aromatic heterocycles. The van der Waals surface area contributed by atoms with Gasteiger partial charge in [0.2, 0.25) is 5.91 Å². The molecule has 0 unspecified atom stereocenters. The fourth-order valence-corrected chi connectivity index (χ4v) is 5.51. The van der Waals surface area contributed by atoms with E-state index in [1.54, 1.807) is 43.0 Å². The summed E-state index contributed by atoms with van der Waals surface area (Å²) in [6.07, 6.45) is -2.14. The monoisotopic (exact) mass is 509 g/mol. The summed E-state index contributed by atoms with van der Waals surface area (Å²) in [6.45, 7) is 7.04. The number of aromatic nitrogens is 2. The van der Waals surface area contributed by atoms with Gasteiger partial charge in [0.1, 0.15) is 0 Å². The maximum Gasteiger partial charge on any atom is 0.435 e. The summed E-state index contributed by atoms with van der Waals surface area (Å²) in [6, 6.07) is 8.65. The number of aliphatic hydroxyl groups is 1. The van der Waals surface area contributed by atoms with Gasteiger partial charge in [-0.2, -0.15) is 18.3 Å². The van der Waals surface area contributed by atoms with Crippen molar-refractivity contribution in [3.05, 3.63) is 75.2 Å². The second-order valence-electron chi connectivity index (χ2n) is 8.80. The van der Waals surface area contributed by atoms with Crippen LogP contribution in [0.2, 0.25) is 4.34 Å². The summed E-state index contributed by atoms with van der Waals surface area (Å²) in [7, 11) is 0. The van der Waals surface area contributed by atoms with E-state index < -0.39 is 17.4 Å². The van der Waals surface area contributed by atoms with Gasteiger partial charge in [-0.1, -0.05) is 42.4 Å². The lowest BCUT2D eigenvalue weighted by molar-refractivity contribution is -0.141. The molecule has 1 amide bonds. The molecule has 1 aliphatic rings. The number of aliphatic hydroxyl groups excluding tert-OH is 1. The molecule has 1 aliphatic heterocycles. The molecule has 0 fully saturated rings. The van der Waals surface area contributed by atoms with E-state index in [1.165, 1.54) is 23.6 Å². The van der Waals surface area contributed by atoms with Crippen LogP contribution in [0.3, 0.4) is 0 Å². The molecule has 3 aromatic rings. The number of carbonyl (C=O) groups is 1. The fourth-order valence-electron chi connectivity index (χ4n) is 4.16. The first-order chi connectivity index (χ1) is 16.0. The van der Waals surface area contributed by atoms with Gasteiger partial charge >= 0.3 is 6.18 Å². The third-order valence-corrected chi connectivity index (χ3v) is 7.29. The number of amides is 1. The number of halogens is 4. The first-order valence-electron chi connectivity index (χ1n) is 10.5.